The molecule has 0 amide bonds. The monoisotopic (exact) mass is 219 g/mol. The van der Waals surface area contributed by atoms with E-state index in [-0.39, 0.29) is 6.04 Å². The third kappa shape index (κ3) is 3.60. The molecule has 5 heteroatoms. The molecule has 1 atom stereocenters. The molecule has 0 fully saturated rings. The third-order valence-electron chi connectivity index (χ3n) is 2.09. The van der Waals surface area contributed by atoms with Gasteiger partial charge in [0, 0.05) is 0 Å². The molecule has 0 aromatic carbocycles. The van der Waals surface area contributed by atoms with Crippen LogP contribution in [0, 0.1) is 6.92 Å². The Morgan fingerprint density at radius 1 is 1.53 bits per heavy atom. The predicted octanol–water partition coefficient (Wildman–Crippen LogP) is 1.87. The van der Waals surface area contributed by atoms with Gasteiger partial charge in [0.1, 0.15) is 18.1 Å². The second kappa shape index (κ2) is 4.72. The molecular formula is C10H15F2NO2. The van der Waals surface area contributed by atoms with Gasteiger partial charge in [0.15, 0.2) is 0 Å². The van der Waals surface area contributed by atoms with E-state index in [1.54, 1.807) is 26.0 Å². The average Bonchev–Trinajstić information content (AvgIpc) is 2.61. The van der Waals surface area contributed by atoms with Crippen LogP contribution in [-0.2, 0) is 0 Å². The zero-order valence-corrected chi connectivity index (χ0v) is 8.76. The van der Waals surface area contributed by atoms with Crippen LogP contribution in [0.15, 0.2) is 16.5 Å². The Labute approximate surface area is 87.1 Å². The largest absolute Gasteiger partial charge is 0.465 e. The number of aliphatic hydroxyl groups is 1. The molecule has 1 aromatic rings. The van der Waals surface area contributed by atoms with Crippen LogP contribution in [0.4, 0.5) is 8.78 Å². The van der Waals surface area contributed by atoms with Gasteiger partial charge in [-0.25, -0.2) is 8.78 Å². The lowest BCUT2D eigenvalue weighted by Crippen LogP contribution is -2.36. The fraction of sp³-hybridized carbons (Fsp3) is 0.600. The molecule has 1 aromatic heterocycles. The van der Waals surface area contributed by atoms with Gasteiger partial charge in [0.2, 0.25) is 0 Å². The maximum atomic E-state index is 12.7. The first-order valence-corrected chi connectivity index (χ1v) is 4.73. The lowest BCUT2D eigenvalue weighted by molar-refractivity contribution is -0.0493. The van der Waals surface area contributed by atoms with E-state index in [1.807, 2.05) is 0 Å². The van der Waals surface area contributed by atoms with E-state index in [0.717, 1.165) is 5.76 Å². The molecule has 86 valence electrons. The molecule has 3 nitrogen and oxygen atoms in total. The minimum absolute atomic E-state index is 0.295. The molecule has 0 saturated carbocycles. The van der Waals surface area contributed by atoms with Crippen LogP contribution in [0.1, 0.15) is 24.5 Å². The highest BCUT2D eigenvalue weighted by Gasteiger charge is 2.28. The molecule has 0 saturated heterocycles. The smallest absolute Gasteiger partial charge is 0.282 e. The van der Waals surface area contributed by atoms with Gasteiger partial charge in [0.25, 0.3) is 5.92 Å². The fourth-order valence-corrected chi connectivity index (χ4v) is 1.15. The Morgan fingerprint density at radius 3 is 2.67 bits per heavy atom. The first-order valence-electron chi connectivity index (χ1n) is 4.73. The maximum Gasteiger partial charge on any atom is 0.282 e. The Morgan fingerprint density at radius 2 is 2.20 bits per heavy atom. The number of rotatable bonds is 5. The molecule has 0 aliphatic carbocycles. The van der Waals surface area contributed by atoms with Crippen molar-refractivity contribution >= 4 is 0 Å². The van der Waals surface area contributed by atoms with Crippen molar-refractivity contribution in [3.8, 4) is 0 Å². The Balaban J connectivity index is 2.46. The van der Waals surface area contributed by atoms with Crippen LogP contribution in [-0.4, -0.2) is 24.2 Å². The van der Waals surface area contributed by atoms with E-state index < -0.39 is 19.1 Å². The van der Waals surface area contributed by atoms with Gasteiger partial charge >= 0.3 is 0 Å². The van der Waals surface area contributed by atoms with E-state index in [1.165, 1.54) is 0 Å². The van der Waals surface area contributed by atoms with E-state index in [2.05, 4.69) is 5.32 Å². The number of aliphatic hydroxyl groups excluding tert-OH is 1. The van der Waals surface area contributed by atoms with Gasteiger partial charge in [0.05, 0.1) is 12.6 Å². The van der Waals surface area contributed by atoms with E-state index in [9.17, 15) is 8.78 Å². The number of nitrogens with one attached hydrogen (secondary N) is 1. The highest BCUT2D eigenvalue weighted by molar-refractivity contribution is 5.08. The summed E-state index contributed by atoms with van der Waals surface area (Å²) in [4.78, 5) is 0. The van der Waals surface area contributed by atoms with Gasteiger partial charge in [-0.3, -0.25) is 0 Å². The average molecular weight is 219 g/mol. The Kier molecular flexibility index (Phi) is 3.82. The molecule has 1 unspecified atom stereocenters. The van der Waals surface area contributed by atoms with Crippen molar-refractivity contribution in [3.05, 3.63) is 23.7 Å². The van der Waals surface area contributed by atoms with Crippen molar-refractivity contribution in [2.75, 3.05) is 13.2 Å². The molecule has 0 radical (unpaired) electrons. The van der Waals surface area contributed by atoms with Crippen LogP contribution >= 0.6 is 0 Å². The summed E-state index contributed by atoms with van der Waals surface area (Å²) in [6, 6.07) is 3.22. The van der Waals surface area contributed by atoms with Crippen LogP contribution in [0.25, 0.3) is 0 Å². The van der Waals surface area contributed by atoms with Gasteiger partial charge in [-0.05, 0) is 26.0 Å². The second-order valence-electron chi connectivity index (χ2n) is 3.57. The number of furan rings is 1. The quantitative estimate of drug-likeness (QED) is 0.794. The fourth-order valence-electron chi connectivity index (χ4n) is 1.15. The lowest BCUT2D eigenvalue weighted by Gasteiger charge is -2.17. The number of halogens is 2. The highest BCUT2D eigenvalue weighted by Crippen LogP contribution is 2.17. The second-order valence-corrected chi connectivity index (χ2v) is 3.57. The summed E-state index contributed by atoms with van der Waals surface area (Å²) in [7, 11) is 0. The molecule has 1 heterocycles. The number of hydrogen-bond acceptors (Lipinski definition) is 3. The number of alkyl halides is 2. The normalized spacial score (nSPS) is 14.2. The van der Waals surface area contributed by atoms with Crippen molar-refractivity contribution in [1.82, 2.24) is 5.32 Å². The lowest BCUT2D eigenvalue weighted by atomic mass is 10.2. The Hall–Kier alpha value is -0.940. The first-order chi connectivity index (χ1) is 6.94. The van der Waals surface area contributed by atoms with Gasteiger partial charge in [-0.15, -0.1) is 0 Å². The summed E-state index contributed by atoms with van der Waals surface area (Å²) in [6.07, 6.45) is 0. The molecule has 2 N–H and O–H groups in total. The molecule has 15 heavy (non-hydrogen) atoms. The van der Waals surface area contributed by atoms with E-state index >= 15 is 0 Å². The van der Waals surface area contributed by atoms with Crippen LogP contribution < -0.4 is 5.32 Å². The van der Waals surface area contributed by atoms with E-state index in [4.69, 9.17) is 9.52 Å². The van der Waals surface area contributed by atoms with Gasteiger partial charge in [-0.2, -0.15) is 0 Å². The van der Waals surface area contributed by atoms with Crippen LogP contribution in [0.3, 0.4) is 0 Å². The summed E-state index contributed by atoms with van der Waals surface area (Å²) in [5.41, 5.74) is 0. The molecular weight excluding hydrogens is 204 g/mol. The van der Waals surface area contributed by atoms with Gasteiger partial charge < -0.3 is 14.8 Å². The van der Waals surface area contributed by atoms with E-state index in [0.29, 0.717) is 5.76 Å². The van der Waals surface area contributed by atoms with Crippen molar-refractivity contribution in [1.29, 1.82) is 0 Å². The predicted molar refractivity (Wildman–Crippen MR) is 51.9 cm³/mol. The van der Waals surface area contributed by atoms with Crippen LogP contribution in [0.2, 0.25) is 0 Å². The van der Waals surface area contributed by atoms with Crippen molar-refractivity contribution in [2.45, 2.75) is 25.8 Å². The number of hydrogen-bond donors (Lipinski definition) is 2. The Bertz CT molecular complexity index is 312. The van der Waals surface area contributed by atoms with Crippen molar-refractivity contribution in [2.24, 2.45) is 0 Å². The van der Waals surface area contributed by atoms with Crippen molar-refractivity contribution < 1.29 is 18.3 Å². The van der Waals surface area contributed by atoms with Gasteiger partial charge in [-0.1, -0.05) is 0 Å². The zero-order chi connectivity index (χ0) is 11.5. The number of aryl methyl sites for hydroxylation is 1. The zero-order valence-electron chi connectivity index (χ0n) is 8.76. The molecule has 1 rings (SSSR count). The third-order valence-corrected chi connectivity index (χ3v) is 2.09. The summed E-state index contributed by atoms with van der Waals surface area (Å²) in [6.45, 7) is 1.80. The topological polar surface area (TPSA) is 45.4 Å². The van der Waals surface area contributed by atoms with Crippen LogP contribution in [0.5, 0.6) is 0 Å². The standard InChI is InChI=1S/C10H15F2NO2/c1-7-3-4-9(15-7)8(2)13-5-10(11,12)6-14/h3-4,8,13-14H,5-6H2,1-2H3. The summed E-state index contributed by atoms with van der Waals surface area (Å²) >= 11 is 0. The molecule has 0 bridgehead atoms. The summed E-state index contributed by atoms with van der Waals surface area (Å²) < 4.78 is 30.7. The highest BCUT2D eigenvalue weighted by atomic mass is 19.3. The minimum atomic E-state index is -3.09. The summed E-state index contributed by atoms with van der Waals surface area (Å²) in [5, 5.41) is 11.0. The first kappa shape index (κ1) is 12.1. The molecule has 0 spiro atoms. The maximum absolute atomic E-state index is 12.7. The summed E-state index contributed by atoms with van der Waals surface area (Å²) in [5.74, 6) is -1.73. The molecule has 0 aliphatic heterocycles. The minimum Gasteiger partial charge on any atom is -0.465 e. The van der Waals surface area contributed by atoms with Crippen molar-refractivity contribution in [3.63, 3.8) is 0 Å². The SMILES string of the molecule is Cc1ccc(C(C)NCC(F)(F)CO)o1. The molecule has 0 aliphatic rings.